The van der Waals surface area contributed by atoms with Crippen molar-refractivity contribution in [1.29, 1.82) is 0 Å². The molecule has 34 heavy (non-hydrogen) atoms. The minimum Gasteiger partial charge on any atom is -0.392 e. The van der Waals surface area contributed by atoms with Crippen LogP contribution in [0.4, 0.5) is 11.5 Å². The summed E-state index contributed by atoms with van der Waals surface area (Å²) in [5, 5.41) is 21.1. The van der Waals surface area contributed by atoms with Crippen LogP contribution in [0.3, 0.4) is 0 Å². The molecule has 1 N–H and O–H groups in total. The number of benzene rings is 2. The van der Waals surface area contributed by atoms with E-state index in [0.717, 1.165) is 60.8 Å². The van der Waals surface area contributed by atoms with Gasteiger partial charge in [0.25, 0.3) is 5.69 Å². The number of aliphatic hydroxyl groups excluding tert-OH is 1. The fourth-order valence-corrected chi connectivity index (χ4v) is 4.27. The Hall–Kier alpha value is -3.36. The first kappa shape index (κ1) is 23.8. The molecule has 1 aliphatic heterocycles. The van der Waals surface area contributed by atoms with Crippen molar-refractivity contribution in [2.45, 2.75) is 32.8 Å². The van der Waals surface area contributed by atoms with Gasteiger partial charge in [0.2, 0.25) is 0 Å². The van der Waals surface area contributed by atoms with E-state index in [2.05, 4.69) is 9.80 Å². The van der Waals surface area contributed by atoms with Gasteiger partial charge >= 0.3 is 0 Å². The summed E-state index contributed by atoms with van der Waals surface area (Å²) >= 11 is 0. The summed E-state index contributed by atoms with van der Waals surface area (Å²) in [5.74, 6) is 1.62. The van der Waals surface area contributed by atoms with Crippen molar-refractivity contribution in [2.24, 2.45) is 0 Å². The number of nitro benzene ring substituents is 1. The van der Waals surface area contributed by atoms with Gasteiger partial charge in [0.15, 0.2) is 5.82 Å². The number of nitro groups is 1. The van der Waals surface area contributed by atoms with E-state index in [-0.39, 0.29) is 16.7 Å². The zero-order chi connectivity index (χ0) is 24.1. The van der Waals surface area contributed by atoms with Gasteiger partial charge in [-0.2, -0.15) is 0 Å². The average Bonchev–Trinajstić information content (AvgIpc) is 2.86. The molecular formula is C26H31N5O3. The molecule has 8 heteroatoms. The second-order valence-electron chi connectivity index (χ2n) is 8.75. The summed E-state index contributed by atoms with van der Waals surface area (Å²) in [6.07, 6.45) is 1.06. The van der Waals surface area contributed by atoms with Gasteiger partial charge in [-0.1, -0.05) is 49.4 Å². The lowest BCUT2D eigenvalue weighted by Crippen LogP contribution is -2.49. The molecular weight excluding hydrogens is 430 g/mol. The minimum atomic E-state index is -0.382. The lowest BCUT2D eigenvalue weighted by Gasteiger charge is -2.37. The summed E-state index contributed by atoms with van der Waals surface area (Å²) in [6, 6.07) is 16.7. The number of β-amino-alcohol motifs (C(OH)–C–C–N with tert-alkyl or cyclic N) is 1. The van der Waals surface area contributed by atoms with Crippen molar-refractivity contribution in [3.63, 3.8) is 0 Å². The molecule has 1 saturated heterocycles. The SMILES string of the molecule is CC[C@H](O)CN1CCN(c2nc(-c3ccccc3)nc(C)c2Cc2ccc([N+](=O)[O-])cc2)CC1. The van der Waals surface area contributed by atoms with E-state index in [1.54, 1.807) is 24.3 Å². The van der Waals surface area contributed by atoms with Crippen LogP contribution in [0, 0.1) is 17.0 Å². The number of non-ortho nitro benzene ring substituents is 1. The van der Waals surface area contributed by atoms with Gasteiger partial charge < -0.3 is 10.0 Å². The molecule has 0 radical (unpaired) electrons. The smallest absolute Gasteiger partial charge is 0.269 e. The van der Waals surface area contributed by atoms with Gasteiger partial charge in [-0.25, -0.2) is 9.97 Å². The summed E-state index contributed by atoms with van der Waals surface area (Å²) in [4.78, 5) is 25.1. The Morgan fingerprint density at radius 3 is 2.32 bits per heavy atom. The quantitative estimate of drug-likeness (QED) is 0.402. The fraction of sp³-hybridized carbons (Fsp3) is 0.385. The maximum absolute atomic E-state index is 11.0. The van der Waals surface area contributed by atoms with Crippen molar-refractivity contribution < 1.29 is 10.0 Å². The largest absolute Gasteiger partial charge is 0.392 e. The highest BCUT2D eigenvalue weighted by Gasteiger charge is 2.24. The molecule has 1 atom stereocenters. The van der Waals surface area contributed by atoms with E-state index >= 15 is 0 Å². The number of piperazine rings is 1. The van der Waals surface area contributed by atoms with Gasteiger partial charge in [0, 0.05) is 68.1 Å². The molecule has 0 spiro atoms. The summed E-state index contributed by atoms with van der Waals surface area (Å²) in [6.45, 7) is 8.04. The predicted molar refractivity (Wildman–Crippen MR) is 133 cm³/mol. The highest BCUT2D eigenvalue weighted by Crippen LogP contribution is 2.29. The number of nitrogens with zero attached hydrogens (tertiary/aromatic N) is 5. The molecule has 1 aliphatic rings. The first-order valence-corrected chi connectivity index (χ1v) is 11.8. The molecule has 3 aromatic rings. The Morgan fingerprint density at radius 2 is 1.71 bits per heavy atom. The monoisotopic (exact) mass is 461 g/mol. The molecule has 0 amide bonds. The van der Waals surface area contributed by atoms with Crippen molar-refractivity contribution in [3.05, 3.63) is 81.5 Å². The van der Waals surface area contributed by atoms with Crippen molar-refractivity contribution in [3.8, 4) is 11.4 Å². The zero-order valence-electron chi connectivity index (χ0n) is 19.7. The molecule has 8 nitrogen and oxygen atoms in total. The van der Waals surface area contributed by atoms with Gasteiger partial charge in [-0.15, -0.1) is 0 Å². The third-order valence-electron chi connectivity index (χ3n) is 6.36. The molecule has 0 unspecified atom stereocenters. The first-order chi connectivity index (χ1) is 16.4. The van der Waals surface area contributed by atoms with Gasteiger partial charge in [-0.3, -0.25) is 15.0 Å². The standard InChI is InChI=1S/C26H31N5O3/c1-3-23(32)18-29-13-15-30(16-14-29)26-24(17-20-9-11-22(12-10-20)31(33)34)19(2)27-25(28-26)21-7-5-4-6-8-21/h4-12,23,32H,3,13-18H2,1-2H3/t23-/m0/s1. The fourth-order valence-electron chi connectivity index (χ4n) is 4.27. The molecule has 1 aromatic heterocycles. The molecule has 0 saturated carbocycles. The molecule has 0 bridgehead atoms. The molecule has 0 aliphatic carbocycles. The highest BCUT2D eigenvalue weighted by molar-refractivity contribution is 5.61. The van der Waals surface area contributed by atoms with Crippen LogP contribution in [0.15, 0.2) is 54.6 Å². The van der Waals surface area contributed by atoms with Gasteiger partial charge in [0.1, 0.15) is 5.82 Å². The van der Waals surface area contributed by atoms with Crippen LogP contribution in [0.25, 0.3) is 11.4 Å². The van der Waals surface area contributed by atoms with Gasteiger partial charge in [0.05, 0.1) is 11.0 Å². The average molecular weight is 462 g/mol. The Kier molecular flexibility index (Phi) is 7.49. The predicted octanol–water partition coefficient (Wildman–Crippen LogP) is 3.84. The van der Waals surface area contributed by atoms with Crippen LogP contribution in [0.1, 0.15) is 30.2 Å². The van der Waals surface area contributed by atoms with E-state index in [9.17, 15) is 15.2 Å². The van der Waals surface area contributed by atoms with Crippen molar-refractivity contribution >= 4 is 11.5 Å². The summed E-state index contributed by atoms with van der Waals surface area (Å²) in [5.41, 5.74) is 3.98. The number of hydrogen-bond donors (Lipinski definition) is 1. The Morgan fingerprint density at radius 1 is 1.03 bits per heavy atom. The van der Waals surface area contributed by atoms with E-state index in [0.29, 0.717) is 18.8 Å². The lowest BCUT2D eigenvalue weighted by molar-refractivity contribution is -0.384. The Labute approximate surface area is 200 Å². The molecule has 4 rings (SSSR count). The van der Waals surface area contributed by atoms with E-state index in [1.807, 2.05) is 44.2 Å². The summed E-state index contributed by atoms with van der Waals surface area (Å²) in [7, 11) is 0. The molecule has 1 fully saturated rings. The number of rotatable bonds is 8. The Balaban J connectivity index is 1.64. The van der Waals surface area contributed by atoms with Crippen LogP contribution < -0.4 is 4.90 Å². The topological polar surface area (TPSA) is 95.6 Å². The second-order valence-corrected chi connectivity index (χ2v) is 8.75. The number of aromatic nitrogens is 2. The molecule has 2 aromatic carbocycles. The van der Waals surface area contributed by atoms with E-state index < -0.39 is 0 Å². The molecule has 2 heterocycles. The van der Waals surface area contributed by atoms with Crippen LogP contribution >= 0.6 is 0 Å². The highest BCUT2D eigenvalue weighted by atomic mass is 16.6. The Bertz CT molecular complexity index is 1110. The maximum Gasteiger partial charge on any atom is 0.269 e. The lowest BCUT2D eigenvalue weighted by atomic mass is 10.0. The van der Waals surface area contributed by atoms with Crippen molar-refractivity contribution in [2.75, 3.05) is 37.6 Å². The number of hydrogen-bond acceptors (Lipinski definition) is 7. The van der Waals surface area contributed by atoms with Crippen LogP contribution in [0.5, 0.6) is 0 Å². The van der Waals surface area contributed by atoms with Crippen LogP contribution in [-0.2, 0) is 6.42 Å². The van der Waals surface area contributed by atoms with E-state index in [4.69, 9.17) is 9.97 Å². The van der Waals surface area contributed by atoms with Crippen LogP contribution in [0.2, 0.25) is 0 Å². The first-order valence-electron chi connectivity index (χ1n) is 11.8. The zero-order valence-corrected chi connectivity index (χ0v) is 19.7. The third-order valence-corrected chi connectivity index (χ3v) is 6.36. The normalized spacial score (nSPS) is 15.3. The summed E-state index contributed by atoms with van der Waals surface area (Å²) < 4.78 is 0. The van der Waals surface area contributed by atoms with Crippen LogP contribution in [-0.4, -0.2) is 63.7 Å². The number of aryl methyl sites for hydroxylation is 1. The van der Waals surface area contributed by atoms with E-state index in [1.165, 1.54) is 0 Å². The molecule has 178 valence electrons. The second kappa shape index (κ2) is 10.7. The number of anilines is 1. The maximum atomic E-state index is 11.0. The minimum absolute atomic E-state index is 0.0850. The third kappa shape index (κ3) is 5.58. The number of aliphatic hydroxyl groups is 1. The van der Waals surface area contributed by atoms with Gasteiger partial charge in [-0.05, 0) is 18.9 Å². The van der Waals surface area contributed by atoms with Crippen molar-refractivity contribution in [1.82, 2.24) is 14.9 Å².